The summed E-state index contributed by atoms with van der Waals surface area (Å²) in [7, 11) is 0. The SMILES string of the molecule is CC.CC.CCCCCC.CCCCCC. The topological polar surface area (TPSA) is 0 Å². The molecule has 0 spiro atoms. The Balaban J connectivity index is -0.0000000686. The van der Waals surface area contributed by atoms with Gasteiger partial charge in [0.25, 0.3) is 0 Å². The van der Waals surface area contributed by atoms with E-state index in [0.29, 0.717) is 0 Å². The predicted molar refractivity (Wildman–Crippen MR) is 82.3 cm³/mol. The molecule has 0 aliphatic rings. The molecule has 0 aromatic carbocycles. The predicted octanol–water partition coefficient (Wildman–Crippen LogP) is 7.23. The smallest absolute Gasteiger partial charge is 0.0536 e. The maximum atomic E-state index is 2.23. The van der Waals surface area contributed by atoms with Crippen LogP contribution in [-0.4, -0.2) is 0 Å². The van der Waals surface area contributed by atoms with Crippen molar-refractivity contribution in [1.29, 1.82) is 0 Å². The molecule has 0 fully saturated rings. The lowest BCUT2D eigenvalue weighted by Gasteiger charge is -1.86. The van der Waals surface area contributed by atoms with Gasteiger partial charge >= 0.3 is 0 Å². The summed E-state index contributed by atoms with van der Waals surface area (Å²) in [4.78, 5) is 0. The summed E-state index contributed by atoms with van der Waals surface area (Å²) in [6.45, 7) is 16.9. The lowest BCUT2D eigenvalue weighted by atomic mass is 10.2. The summed E-state index contributed by atoms with van der Waals surface area (Å²) in [6.07, 6.45) is 11.1. The molecule has 0 nitrogen and oxygen atoms in total. The van der Waals surface area contributed by atoms with Gasteiger partial charge in [0.15, 0.2) is 0 Å². The van der Waals surface area contributed by atoms with E-state index in [1.165, 1.54) is 51.4 Å². The average Bonchev–Trinajstić information content (AvgIpc) is 2.39. The molecule has 0 radical (unpaired) electrons. The molecule has 16 heavy (non-hydrogen) atoms. The number of hydrogen-bond donors (Lipinski definition) is 0. The molecule has 104 valence electrons. The third kappa shape index (κ3) is 65.7. The van der Waals surface area contributed by atoms with Gasteiger partial charge in [-0.2, -0.15) is 0 Å². The fraction of sp³-hybridized carbons (Fsp3) is 1.00. The van der Waals surface area contributed by atoms with Gasteiger partial charge in [-0.25, -0.2) is 0 Å². The van der Waals surface area contributed by atoms with E-state index in [1.54, 1.807) is 0 Å². The second-order valence-corrected chi connectivity index (χ2v) is 3.41. The molecule has 0 atom stereocenters. The first-order valence-electron chi connectivity index (χ1n) is 7.83. The summed E-state index contributed by atoms with van der Waals surface area (Å²) in [5, 5.41) is 0. The number of rotatable bonds is 6. The van der Waals surface area contributed by atoms with E-state index in [-0.39, 0.29) is 0 Å². The van der Waals surface area contributed by atoms with Gasteiger partial charge in [0.1, 0.15) is 0 Å². The van der Waals surface area contributed by atoms with Gasteiger partial charge in [0, 0.05) is 0 Å². The van der Waals surface area contributed by atoms with Gasteiger partial charge < -0.3 is 0 Å². The van der Waals surface area contributed by atoms with Crippen LogP contribution in [0, 0.1) is 0 Å². The Kier molecular flexibility index (Phi) is 71.8. The minimum Gasteiger partial charge on any atom is -0.0683 e. The first kappa shape index (κ1) is 25.0. The number of unbranched alkanes of at least 4 members (excludes halogenated alkanes) is 6. The van der Waals surface area contributed by atoms with E-state index in [2.05, 4.69) is 27.7 Å². The molecule has 0 rings (SSSR count). The summed E-state index contributed by atoms with van der Waals surface area (Å²) in [5.41, 5.74) is 0. The lowest BCUT2D eigenvalue weighted by Crippen LogP contribution is -1.66. The molecule has 0 saturated carbocycles. The fourth-order valence-corrected chi connectivity index (χ4v) is 1.000. The standard InChI is InChI=1S/2C6H14.2C2H6/c2*1-3-5-6-4-2;2*1-2/h2*3-6H2,1-2H3;2*1-2H3. The minimum absolute atomic E-state index is 1.36. The highest BCUT2D eigenvalue weighted by atomic mass is 13.8. The normalized spacial score (nSPS) is 7.50. The van der Waals surface area contributed by atoms with Crippen LogP contribution in [0.1, 0.15) is 107 Å². The van der Waals surface area contributed by atoms with E-state index in [4.69, 9.17) is 0 Å². The molecule has 0 aromatic heterocycles. The van der Waals surface area contributed by atoms with Crippen LogP contribution in [0.5, 0.6) is 0 Å². The first-order valence-corrected chi connectivity index (χ1v) is 7.83. The monoisotopic (exact) mass is 232 g/mol. The van der Waals surface area contributed by atoms with Crippen LogP contribution in [-0.2, 0) is 0 Å². The van der Waals surface area contributed by atoms with Gasteiger partial charge in [-0.3, -0.25) is 0 Å². The van der Waals surface area contributed by atoms with E-state index in [1.807, 2.05) is 27.7 Å². The molecule has 0 unspecified atom stereocenters. The minimum atomic E-state index is 1.36. The maximum Gasteiger partial charge on any atom is -0.0536 e. The largest absolute Gasteiger partial charge is 0.0683 e. The zero-order valence-corrected chi connectivity index (χ0v) is 13.7. The van der Waals surface area contributed by atoms with Crippen LogP contribution in [0.2, 0.25) is 0 Å². The maximum absolute atomic E-state index is 2.23. The van der Waals surface area contributed by atoms with Gasteiger partial charge in [-0.1, -0.05) is 107 Å². The lowest BCUT2D eigenvalue weighted by molar-refractivity contribution is 0.702. The Morgan fingerprint density at radius 1 is 0.375 bits per heavy atom. The van der Waals surface area contributed by atoms with Crippen molar-refractivity contribution in [2.75, 3.05) is 0 Å². The van der Waals surface area contributed by atoms with Crippen LogP contribution in [0.25, 0.3) is 0 Å². The Hall–Kier alpha value is 0. The third-order valence-corrected chi connectivity index (χ3v) is 1.91. The van der Waals surface area contributed by atoms with Crippen molar-refractivity contribution < 1.29 is 0 Å². The Labute approximate surface area is 107 Å². The summed E-state index contributed by atoms with van der Waals surface area (Å²) < 4.78 is 0. The highest BCUT2D eigenvalue weighted by Crippen LogP contribution is 1.95. The van der Waals surface area contributed by atoms with Crippen LogP contribution in [0.15, 0.2) is 0 Å². The Morgan fingerprint density at radius 3 is 0.562 bits per heavy atom. The molecule has 0 bridgehead atoms. The van der Waals surface area contributed by atoms with Crippen LogP contribution >= 0.6 is 0 Å². The average molecular weight is 232 g/mol. The molecule has 0 saturated heterocycles. The van der Waals surface area contributed by atoms with E-state index >= 15 is 0 Å². The molecular weight excluding hydrogens is 192 g/mol. The number of hydrogen-bond acceptors (Lipinski definition) is 0. The first-order chi connectivity index (χ1) is 7.83. The molecule has 0 aliphatic heterocycles. The van der Waals surface area contributed by atoms with Crippen molar-refractivity contribution in [2.24, 2.45) is 0 Å². The Morgan fingerprint density at radius 2 is 0.500 bits per heavy atom. The zero-order chi connectivity index (χ0) is 13.7. The molecule has 0 heterocycles. The second-order valence-electron chi connectivity index (χ2n) is 3.41. The van der Waals surface area contributed by atoms with Gasteiger partial charge in [0.2, 0.25) is 0 Å². The van der Waals surface area contributed by atoms with E-state index in [0.717, 1.165) is 0 Å². The van der Waals surface area contributed by atoms with Crippen molar-refractivity contribution in [3.63, 3.8) is 0 Å². The molecule has 0 aromatic rings. The molecule has 0 amide bonds. The quantitative estimate of drug-likeness (QED) is 0.424. The highest BCUT2D eigenvalue weighted by molar-refractivity contribution is 4.31. The van der Waals surface area contributed by atoms with Crippen molar-refractivity contribution in [1.82, 2.24) is 0 Å². The molecule has 0 N–H and O–H groups in total. The van der Waals surface area contributed by atoms with Crippen LogP contribution in [0.4, 0.5) is 0 Å². The van der Waals surface area contributed by atoms with Crippen molar-refractivity contribution in [3.05, 3.63) is 0 Å². The summed E-state index contributed by atoms with van der Waals surface area (Å²) in [5.74, 6) is 0. The fourth-order valence-electron chi connectivity index (χ4n) is 1.000. The molecule has 0 heteroatoms. The Bertz CT molecular complexity index is 32.0. The van der Waals surface area contributed by atoms with Crippen molar-refractivity contribution in [3.8, 4) is 0 Å². The van der Waals surface area contributed by atoms with Gasteiger partial charge in [-0.05, 0) is 0 Å². The second kappa shape index (κ2) is 45.9. The third-order valence-electron chi connectivity index (χ3n) is 1.91. The molecule has 0 aliphatic carbocycles. The van der Waals surface area contributed by atoms with Gasteiger partial charge in [0.05, 0.1) is 0 Å². The van der Waals surface area contributed by atoms with Crippen molar-refractivity contribution >= 4 is 0 Å². The summed E-state index contributed by atoms with van der Waals surface area (Å²) >= 11 is 0. The van der Waals surface area contributed by atoms with Crippen molar-refractivity contribution in [2.45, 2.75) is 107 Å². The van der Waals surface area contributed by atoms with Crippen LogP contribution in [0.3, 0.4) is 0 Å². The zero-order valence-electron chi connectivity index (χ0n) is 13.7. The molecular formula is C16H40. The summed E-state index contributed by atoms with van der Waals surface area (Å²) in [6, 6.07) is 0. The van der Waals surface area contributed by atoms with Gasteiger partial charge in [-0.15, -0.1) is 0 Å². The highest BCUT2D eigenvalue weighted by Gasteiger charge is 1.75. The van der Waals surface area contributed by atoms with E-state index < -0.39 is 0 Å². The van der Waals surface area contributed by atoms with Crippen LogP contribution < -0.4 is 0 Å². The van der Waals surface area contributed by atoms with E-state index in [9.17, 15) is 0 Å².